The first-order chi connectivity index (χ1) is 11.7. The molecule has 2 aliphatic rings. The third-order valence-corrected chi connectivity index (χ3v) is 5.53. The molecule has 126 valence electrons. The van der Waals surface area contributed by atoms with Gasteiger partial charge in [-0.05, 0) is 30.5 Å². The van der Waals surface area contributed by atoms with Gasteiger partial charge in [0.2, 0.25) is 5.91 Å². The molecule has 4 heterocycles. The first kappa shape index (κ1) is 15.3. The van der Waals surface area contributed by atoms with E-state index in [0.29, 0.717) is 6.54 Å². The van der Waals surface area contributed by atoms with E-state index in [2.05, 4.69) is 15.4 Å². The van der Waals surface area contributed by atoms with E-state index in [0.717, 1.165) is 43.7 Å². The van der Waals surface area contributed by atoms with E-state index in [4.69, 9.17) is 0 Å². The standard InChI is InChI=1S/C18H23N5O/c1-22-16(5-8-21-22)15-11-20-13-18(15)6-3-9-23(17(18)24)12-14-4-2-7-19-10-14/h2,4-5,7-8,10,15,20H,3,6,9,11-13H2,1H3/t15-,18+/m1/s1. The Kier molecular flexibility index (Phi) is 3.84. The van der Waals surface area contributed by atoms with Gasteiger partial charge in [-0.1, -0.05) is 6.07 Å². The zero-order valence-electron chi connectivity index (χ0n) is 14.0. The van der Waals surface area contributed by atoms with Crippen LogP contribution < -0.4 is 5.32 Å². The molecule has 4 rings (SSSR count). The van der Waals surface area contributed by atoms with E-state index >= 15 is 0 Å². The Hall–Kier alpha value is -2.21. The van der Waals surface area contributed by atoms with Crippen LogP contribution in [0.4, 0.5) is 0 Å². The van der Waals surface area contributed by atoms with Crippen LogP contribution in [-0.4, -0.2) is 45.2 Å². The number of carbonyl (C=O) groups excluding carboxylic acids is 1. The molecule has 6 nitrogen and oxygen atoms in total. The van der Waals surface area contributed by atoms with Crippen LogP contribution in [0, 0.1) is 5.41 Å². The number of likely N-dealkylation sites (tertiary alicyclic amines) is 1. The van der Waals surface area contributed by atoms with Crippen LogP contribution in [0.5, 0.6) is 0 Å². The van der Waals surface area contributed by atoms with E-state index in [1.807, 2.05) is 47.2 Å². The van der Waals surface area contributed by atoms with Crippen molar-refractivity contribution < 1.29 is 4.79 Å². The van der Waals surface area contributed by atoms with Crippen LogP contribution in [0.2, 0.25) is 0 Å². The maximum absolute atomic E-state index is 13.4. The van der Waals surface area contributed by atoms with E-state index < -0.39 is 0 Å². The number of piperidine rings is 1. The van der Waals surface area contributed by atoms with Crippen LogP contribution in [0.3, 0.4) is 0 Å². The number of nitrogens with one attached hydrogen (secondary N) is 1. The molecular formula is C18H23N5O. The smallest absolute Gasteiger partial charge is 0.231 e. The van der Waals surface area contributed by atoms with Crippen molar-refractivity contribution in [1.82, 2.24) is 25.0 Å². The third kappa shape index (κ3) is 2.41. The Morgan fingerprint density at radius 2 is 2.29 bits per heavy atom. The van der Waals surface area contributed by atoms with Gasteiger partial charge in [0, 0.05) is 63.4 Å². The van der Waals surface area contributed by atoms with Crippen LogP contribution in [0.25, 0.3) is 0 Å². The molecule has 6 heteroatoms. The Morgan fingerprint density at radius 3 is 3.04 bits per heavy atom. The molecule has 1 spiro atoms. The predicted molar refractivity (Wildman–Crippen MR) is 90.1 cm³/mol. The summed E-state index contributed by atoms with van der Waals surface area (Å²) in [6.45, 7) is 3.07. The molecule has 0 radical (unpaired) electrons. The van der Waals surface area contributed by atoms with Crippen molar-refractivity contribution >= 4 is 5.91 Å². The average Bonchev–Trinajstić information content (AvgIpc) is 3.19. The summed E-state index contributed by atoms with van der Waals surface area (Å²) in [5, 5.41) is 7.77. The van der Waals surface area contributed by atoms with Gasteiger partial charge in [-0.3, -0.25) is 14.5 Å². The van der Waals surface area contributed by atoms with Crippen molar-refractivity contribution in [2.45, 2.75) is 25.3 Å². The Bertz CT molecular complexity index is 728. The lowest BCUT2D eigenvalue weighted by Crippen LogP contribution is -2.51. The number of carbonyl (C=O) groups is 1. The van der Waals surface area contributed by atoms with Crippen LogP contribution in [0.1, 0.15) is 30.0 Å². The normalized spacial score (nSPS) is 27.1. The first-order valence-electron chi connectivity index (χ1n) is 8.57. The molecule has 1 amide bonds. The van der Waals surface area contributed by atoms with Gasteiger partial charge in [0.15, 0.2) is 0 Å². The summed E-state index contributed by atoms with van der Waals surface area (Å²) in [4.78, 5) is 19.6. The number of nitrogens with zero attached hydrogens (tertiary/aromatic N) is 4. The fraction of sp³-hybridized carbons (Fsp3) is 0.500. The molecule has 0 aliphatic carbocycles. The number of pyridine rings is 1. The van der Waals surface area contributed by atoms with E-state index in [-0.39, 0.29) is 17.2 Å². The summed E-state index contributed by atoms with van der Waals surface area (Å²) in [5.41, 5.74) is 1.90. The highest BCUT2D eigenvalue weighted by Gasteiger charge is 2.53. The highest BCUT2D eigenvalue weighted by Crippen LogP contribution is 2.46. The van der Waals surface area contributed by atoms with Gasteiger partial charge < -0.3 is 10.2 Å². The Balaban J connectivity index is 1.62. The molecule has 2 aromatic heterocycles. The minimum atomic E-state index is -0.339. The Labute approximate surface area is 141 Å². The summed E-state index contributed by atoms with van der Waals surface area (Å²) < 4.78 is 1.91. The second-order valence-electron chi connectivity index (χ2n) is 6.91. The lowest BCUT2D eigenvalue weighted by molar-refractivity contribution is -0.147. The summed E-state index contributed by atoms with van der Waals surface area (Å²) in [5.74, 6) is 0.461. The highest BCUT2D eigenvalue weighted by molar-refractivity contribution is 5.85. The first-order valence-corrected chi connectivity index (χ1v) is 8.57. The van der Waals surface area contributed by atoms with Gasteiger partial charge in [0.05, 0.1) is 5.41 Å². The van der Waals surface area contributed by atoms with Crippen LogP contribution in [-0.2, 0) is 18.4 Å². The summed E-state index contributed by atoms with van der Waals surface area (Å²) in [7, 11) is 1.96. The fourth-order valence-corrected chi connectivity index (χ4v) is 4.33. The van der Waals surface area contributed by atoms with E-state index in [9.17, 15) is 4.79 Å². The quantitative estimate of drug-likeness (QED) is 0.924. The molecule has 0 aromatic carbocycles. The zero-order valence-corrected chi connectivity index (χ0v) is 14.0. The molecule has 2 aliphatic heterocycles. The third-order valence-electron chi connectivity index (χ3n) is 5.53. The fourth-order valence-electron chi connectivity index (χ4n) is 4.33. The molecule has 0 saturated carbocycles. The van der Waals surface area contributed by atoms with Gasteiger partial charge in [0.25, 0.3) is 0 Å². The van der Waals surface area contributed by atoms with Gasteiger partial charge in [0.1, 0.15) is 0 Å². The molecule has 2 saturated heterocycles. The number of aryl methyl sites for hydroxylation is 1. The Morgan fingerprint density at radius 1 is 1.38 bits per heavy atom. The van der Waals surface area contributed by atoms with Crippen molar-refractivity contribution in [2.24, 2.45) is 12.5 Å². The maximum atomic E-state index is 13.4. The minimum Gasteiger partial charge on any atom is -0.338 e. The second kappa shape index (κ2) is 6.02. The van der Waals surface area contributed by atoms with Crippen LogP contribution >= 0.6 is 0 Å². The molecule has 0 bridgehead atoms. The lowest BCUT2D eigenvalue weighted by atomic mass is 9.70. The predicted octanol–water partition coefficient (Wildman–Crippen LogP) is 1.31. The van der Waals surface area contributed by atoms with Crippen LogP contribution in [0.15, 0.2) is 36.8 Å². The minimum absolute atomic E-state index is 0.189. The van der Waals surface area contributed by atoms with Crippen molar-refractivity contribution in [3.05, 3.63) is 48.0 Å². The van der Waals surface area contributed by atoms with Gasteiger partial charge in [-0.15, -0.1) is 0 Å². The topological polar surface area (TPSA) is 63.1 Å². The molecular weight excluding hydrogens is 302 g/mol. The van der Waals surface area contributed by atoms with Crippen molar-refractivity contribution in [3.63, 3.8) is 0 Å². The van der Waals surface area contributed by atoms with Crippen molar-refractivity contribution in [2.75, 3.05) is 19.6 Å². The van der Waals surface area contributed by atoms with Crippen molar-refractivity contribution in [1.29, 1.82) is 0 Å². The molecule has 24 heavy (non-hydrogen) atoms. The second-order valence-corrected chi connectivity index (χ2v) is 6.91. The largest absolute Gasteiger partial charge is 0.338 e. The molecule has 0 unspecified atom stereocenters. The highest BCUT2D eigenvalue weighted by atomic mass is 16.2. The number of rotatable bonds is 3. The summed E-state index contributed by atoms with van der Waals surface area (Å²) in [6, 6.07) is 6.01. The van der Waals surface area contributed by atoms with E-state index in [1.165, 1.54) is 0 Å². The number of amides is 1. The van der Waals surface area contributed by atoms with Crippen molar-refractivity contribution in [3.8, 4) is 0 Å². The van der Waals surface area contributed by atoms with Gasteiger partial charge in [-0.2, -0.15) is 5.10 Å². The SMILES string of the molecule is Cn1nccc1[C@H]1CNC[C@@]12CCCN(Cc1cccnc1)C2=O. The lowest BCUT2D eigenvalue weighted by Gasteiger charge is -2.42. The maximum Gasteiger partial charge on any atom is 0.231 e. The number of aromatic nitrogens is 3. The van der Waals surface area contributed by atoms with Gasteiger partial charge in [-0.25, -0.2) is 0 Å². The summed E-state index contributed by atoms with van der Waals surface area (Å²) in [6.07, 6.45) is 7.42. The van der Waals surface area contributed by atoms with E-state index in [1.54, 1.807) is 6.20 Å². The number of hydrogen-bond donors (Lipinski definition) is 1. The monoisotopic (exact) mass is 325 g/mol. The zero-order chi connectivity index (χ0) is 16.6. The molecule has 2 fully saturated rings. The average molecular weight is 325 g/mol. The molecule has 2 atom stereocenters. The number of hydrogen-bond acceptors (Lipinski definition) is 4. The van der Waals surface area contributed by atoms with Gasteiger partial charge >= 0.3 is 0 Å². The molecule has 1 N–H and O–H groups in total. The summed E-state index contributed by atoms with van der Waals surface area (Å²) >= 11 is 0. The molecule has 2 aromatic rings.